The number of amides is 1. The lowest BCUT2D eigenvalue weighted by atomic mass is 9.84. The highest BCUT2D eigenvalue weighted by molar-refractivity contribution is 5.93. The van der Waals surface area contributed by atoms with E-state index in [0.29, 0.717) is 19.0 Å². The molecule has 0 aromatic heterocycles. The van der Waals surface area contributed by atoms with Crippen LogP contribution in [0, 0.1) is 11.7 Å². The number of carbonyl (C=O) groups excluding carboxylic acids is 1. The van der Waals surface area contributed by atoms with Gasteiger partial charge < -0.3 is 10.2 Å². The number of benzene rings is 1. The summed E-state index contributed by atoms with van der Waals surface area (Å²) in [6.07, 6.45) is 5.72. The Kier molecular flexibility index (Phi) is 7.62. The summed E-state index contributed by atoms with van der Waals surface area (Å²) < 4.78 is 53.4. The minimum Gasteiger partial charge on any atom is -0.367 e. The molecule has 0 spiro atoms. The van der Waals surface area contributed by atoms with Crippen molar-refractivity contribution in [3.63, 3.8) is 0 Å². The third-order valence-electron chi connectivity index (χ3n) is 7.36. The first-order chi connectivity index (χ1) is 15.8. The predicted octanol–water partition coefficient (Wildman–Crippen LogP) is 5.14. The van der Waals surface area contributed by atoms with Crippen LogP contribution in [0.4, 0.5) is 23.2 Å². The average molecular weight is 468 g/mol. The minimum absolute atomic E-state index is 0.0400. The zero-order valence-corrected chi connectivity index (χ0v) is 19.0. The van der Waals surface area contributed by atoms with Crippen LogP contribution in [0.2, 0.25) is 0 Å². The molecule has 1 amide bonds. The number of nitrogens with one attached hydrogen (secondary N) is 1. The molecule has 1 saturated carbocycles. The fourth-order valence-electron chi connectivity index (χ4n) is 5.31. The van der Waals surface area contributed by atoms with Crippen molar-refractivity contribution in [2.24, 2.45) is 5.92 Å². The van der Waals surface area contributed by atoms with Crippen LogP contribution < -0.4 is 10.2 Å². The third kappa shape index (κ3) is 6.08. The van der Waals surface area contributed by atoms with Crippen LogP contribution in [-0.2, 0) is 11.0 Å². The highest BCUT2D eigenvalue weighted by atomic mass is 19.4. The van der Waals surface area contributed by atoms with E-state index in [2.05, 4.69) is 16.3 Å². The van der Waals surface area contributed by atoms with E-state index in [9.17, 15) is 22.4 Å². The maximum Gasteiger partial charge on any atom is 0.419 e. The van der Waals surface area contributed by atoms with Gasteiger partial charge in [-0.2, -0.15) is 13.2 Å². The lowest BCUT2D eigenvalue weighted by Gasteiger charge is -2.37. The van der Waals surface area contributed by atoms with Crippen molar-refractivity contribution in [2.45, 2.75) is 63.6 Å². The highest BCUT2D eigenvalue weighted by Crippen LogP contribution is 2.35. The summed E-state index contributed by atoms with van der Waals surface area (Å²) in [5.41, 5.74) is -0.214. The molecular formula is C25H33F4N3O. The second kappa shape index (κ2) is 10.5. The van der Waals surface area contributed by atoms with Crippen LogP contribution in [-0.4, -0.2) is 49.6 Å². The monoisotopic (exact) mass is 467 g/mol. The molecule has 182 valence electrons. The fraction of sp³-hybridized carbons (Fsp3) is 0.640. The van der Waals surface area contributed by atoms with Gasteiger partial charge in [-0.15, -0.1) is 0 Å². The van der Waals surface area contributed by atoms with E-state index in [1.54, 1.807) is 4.90 Å². The number of anilines is 1. The quantitative estimate of drug-likeness (QED) is 0.589. The molecule has 2 fully saturated rings. The first kappa shape index (κ1) is 24.0. The lowest BCUT2D eigenvalue weighted by Crippen LogP contribution is -2.47. The normalized spacial score (nSPS) is 24.6. The summed E-state index contributed by atoms with van der Waals surface area (Å²) in [5.74, 6) is -0.416. The highest BCUT2D eigenvalue weighted by Gasteiger charge is 2.36. The van der Waals surface area contributed by atoms with Crippen LogP contribution >= 0.6 is 0 Å². The summed E-state index contributed by atoms with van der Waals surface area (Å²) in [6.45, 7) is 3.43. The molecule has 0 unspecified atom stereocenters. The van der Waals surface area contributed by atoms with Gasteiger partial charge in [0, 0.05) is 37.8 Å². The molecule has 2 aliphatic carbocycles. The molecule has 3 aliphatic rings. The number of piperazine rings is 1. The standard InChI is InChI=1S/C25H33F4N3O/c26-23-21(25(27,28)29)6-3-7-22(23)32-16-14-31(15-17-32)13-12-18-8-10-20(11-9-18)30-24(33)19-4-1-2-5-19/h3-4,6-7,18,20H,1-2,5,8-17H2,(H,30,33)/t18-,20-. The smallest absolute Gasteiger partial charge is 0.367 e. The molecule has 4 nitrogen and oxygen atoms in total. The summed E-state index contributed by atoms with van der Waals surface area (Å²) in [6, 6.07) is 3.78. The second-order valence-electron chi connectivity index (χ2n) is 9.57. The van der Waals surface area contributed by atoms with Gasteiger partial charge in [-0.3, -0.25) is 9.69 Å². The van der Waals surface area contributed by atoms with Crippen LogP contribution in [0.15, 0.2) is 29.8 Å². The van der Waals surface area contributed by atoms with Gasteiger partial charge in [-0.05, 0) is 76.0 Å². The van der Waals surface area contributed by atoms with E-state index >= 15 is 0 Å². The van der Waals surface area contributed by atoms with Crippen LogP contribution in [0.1, 0.15) is 56.9 Å². The summed E-state index contributed by atoms with van der Waals surface area (Å²) >= 11 is 0. The largest absolute Gasteiger partial charge is 0.419 e. The van der Waals surface area contributed by atoms with Crippen molar-refractivity contribution in [2.75, 3.05) is 37.6 Å². The average Bonchev–Trinajstić information content (AvgIpc) is 3.34. The number of hydrogen-bond donors (Lipinski definition) is 1. The van der Waals surface area contributed by atoms with Crippen molar-refractivity contribution < 1.29 is 22.4 Å². The van der Waals surface area contributed by atoms with E-state index in [1.807, 2.05) is 0 Å². The summed E-state index contributed by atoms with van der Waals surface area (Å²) in [5, 5.41) is 3.20. The second-order valence-corrected chi connectivity index (χ2v) is 9.57. The van der Waals surface area contributed by atoms with E-state index < -0.39 is 17.6 Å². The van der Waals surface area contributed by atoms with Gasteiger partial charge in [0.25, 0.3) is 0 Å². The topological polar surface area (TPSA) is 35.6 Å². The van der Waals surface area contributed by atoms with Gasteiger partial charge in [0.2, 0.25) is 5.91 Å². The first-order valence-corrected chi connectivity index (χ1v) is 12.1. The number of rotatable bonds is 6. The lowest BCUT2D eigenvalue weighted by molar-refractivity contribution is -0.139. The Balaban J connectivity index is 1.18. The predicted molar refractivity (Wildman–Crippen MR) is 120 cm³/mol. The molecule has 8 heteroatoms. The van der Waals surface area contributed by atoms with Crippen LogP contribution in [0.3, 0.4) is 0 Å². The van der Waals surface area contributed by atoms with Gasteiger partial charge in [0.15, 0.2) is 5.82 Å². The van der Waals surface area contributed by atoms with Crippen molar-refractivity contribution in [3.05, 3.63) is 41.2 Å². The molecule has 0 radical (unpaired) electrons. The van der Waals surface area contributed by atoms with E-state index in [0.717, 1.165) is 82.6 Å². The Morgan fingerprint density at radius 3 is 2.42 bits per heavy atom. The Bertz CT molecular complexity index is 854. The Morgan fingerprint density at radius 2 is 1.79 bits per heavy atom. The van der Waals surface area contributed by atoms with Gasteiger partial charge in [-0.25, -0.2) is 4.39 Å². The fourth-order valence-corrected chi connectivity index (χ4v) is 5.31. The molecule has 1 aromatic rings. The minimum atomic E-state index is -4.68. The molecule has 0 atom stereocenters. The van der Waals surface area contributed by atoms with Crippen molar-refractivity contribution in [3.8, 4) is 0 Å². The van der Waals surface area contributed by atoms with Crippen LogP contribution in [0.5, 0.6) is 0 Å². The van der Waals surface area contributed by atoms with Gasteiger partial charge in [-0.1, -0.05) is 12.1 Å². The van der Waals surface area contributed by atoms with E-state index in [-0.39, 0.29) is 17.6 Å². The number of halogens is 4. The molecular weight excluding hydrogens is 434 g/mol. The summed E-state index contributed by atoms with van der Waals surface area (Å²) in [4.78, 5) is 16.3. The van der Waals surface area contributed by atoms with E-state index in [4.69, 9.17) is 0 Å². The Hall–Kier alpha value is -2.09. The molecule has 1 aliphatic heterocycles. The summed E-state index contributed by atoms with van der Waals surface area (Å²) in [7, 11) is 0. The zero-order chi connectivity index (χ0) is 23.4. The maximum absolute atomic E-state index is 14.4. The van der Waals surface area contributed by atoms with Gasteiger partial charge >= 0.3 is 6.18 Å². The first-order valence-electron chi connectivity index (χ1n) is 12.1. The molecule has 4 rings (SSSR count). The van der Waals surface area contributed by atoms with Crippen molar-refractivity contribution in [1.29, 1.82) is 0 Å². The molecule has 0 bridgehead atoms. The molecule has 1 N–H and O–H groups in total. The molecule has 1 aromatic carbocycles. The number of nitrogens with zero attached hydrogens (tertiary/aromatic N) is 2. The van der Waals surface area contributed by atoms with Crippen molar-refractivity contribution >= 4 is 11.6 Å². The van der Waals surface area contributed by atoms with E-state index in [1.165, 1.54) is 12.1 Å². The number of allylic oxidation sites excluding steroid dienone is 1. The number of carbonyl (C=O) groups is 1. The molecule has 33 heavy (non-hydrogen) atoms. The van der Waals surface area contributed by atoms with Gasteiger partial charge in [0.05, 0.1) is 11.3 Å². The number of alkyl halides is 3. The van der Waals surface area contributed by atoms with Crippen molar-refractivity contribution in [1.82, 2.24) is 10.2 Å². The number of hydrogen-bond acceptors (Lipinski definition) is 3. The third-order valence-corrected chi connectivity index (χ3v) is 7.36. The zero-order valence-electron chi connectivity index (χ0n) is 19.0. The SMILES string of the molecule is O=C(N[C@H]1CC[C@H](CCN2CCN(c3cccc(C(F)(F)F)c3F)CC2)CC1)C1=CCCC1. The maximum atomic E-state index is 14.4. The molecule has 1 saturated heterocycles. The molecule has 1 heterocycles. The van der Waals surface area contributed by atoms with Gasteiger partial charge in [0.1, 0.15) is 0 Å². The Morgan fingerprint density at radius 1 is 1.06 bits per heavy atom. The van der Waals surface area contributed by atoms with Crippen LogP contribution in [0.25, 0.3) is 0 Å². The Labute approximate surface area is 193 Å².